The molecule has 0 radical (unpaired) electrons. The van der Waals surface area contributed by atoms with E-state index in [2.05, 4.69) is 16.9 Å². The highest BCUT2D eigenvalue weighted by Crippen LogP contribution is 2.47. The standard InChI is InChI=1S/C32H32F6N4O6S/c1-5-19-14-30(19,27(44)41-49(46,47)24-8-6-7-17-9-10-39-25(17)24)40-26(43)23-16-42(28(45)48-29(2,3)4)15-22(23)18-11-20(31(33,34)35)13-21(12-18)32(36,37)38/h5-13,19,22-23,39H,1,14-16H2,2-4H3,(H,40,43)(H,41,44)/t19-,22-,23+,30-/m1/s1. The number of amides is 3. The van der Waals surface area contributed by atoms with Crippen LogP contribution in [0.3, 0.4) is 0 Å². The average Bonchev–Trinajstić information content (AvgIpc) is 3.29. The number of nitrogens with one attached hydrogen (secondary N) is 3. The molecule has 1 aliphatic carbocycles. The average molecular weight is 715 g/mol. The lowest BCUT2D eigenvalue weighted by atomic mass is 9.86. The molecule has 3 amide bonds. The molecule has 49 heavy (non-hydrogen) atoms. The van der Waals surface area contributed by atoms with Gasteiger partial charge in [0.1, 0.15) is 16.0 Å². The van der Waals surface area contributed by atoms with Crippen LogP contribution >= 0.6 is 0 Å². The Balaban J connectivity index is 1.49. The van der Waals surface area contributed by atoms with Crippen LogP contribution in [0.15, 0.2) is 66.2 Å². The summed E-state index contributed by atoms with van der Waals surface area (Å²) in [4.78, 5) is 44.1. The van der Waals surface area contributed by atoms with E-state index in [0.717, 1.165) is 4.90 Å². The van der Waals surface area contributed by atoms with Gasteiger partial charge in [-0.15, -0.1) is 6.58 Å². The molecule has 5 rings (SSSR count). The Hall–Kier alpha value is -4.54. The van der Waals surface area contributed by atoms with E-state index in [-0.39, 0.29) is 22.9 Å². The van der Waals surface area contributed by atoms with Crippen LogP contribution in [-0.4, -0.2) is 60.4 Å². The van der Waals surface area contributed by atoms with Gasteiger partial charge in [0.2, 0.25) is 5.91 Å². The molecule has 4 atom stereocenters. The molecule has 264 valence electrons. The number of hydrogen-bond donors (Lipinski definition) is 3. The van der Waals surface area contributed by atoms with E-state index >= 15 is 0 Å². The van der Waals surface area contributed by atoms with Crippen molar-refractivity contribution in [3.63, 3.8) is 0 Å². The van der Waals surface area contributed by atoms with Crippen molar-refractivity contribution < 1.29 is 53.9 Å². The van der Waals surface area contributed by atoms with Crippen molar-refractivity contribution in [2.24, 2.45) is 11.8 Å². The summed E-state index contributed by atoms with van der Waals surface area (Å²) in [6, 6.07) is 6.90. The number of halogens is 6. The molecule has 17 heteroatoms. The molecule has 2 fully saturated rings. The second-order valence-electron chi connectivity index (χ2n) is 13.1. The fourth-order valence-corrected chi connectivity index (χ4v) is 7.21. The highest BCUT2D eigenvalue weighted by molar-refractivity contribution is 7.90. The summed E-state index contributed by atoms with van der Waals surface area (Å²) in [5.41, 5.74) is -6.43. The first-order chi connectivity index (χ1) is 22.6. The zero-order chi connectivity index (χ0) is 36.3. The van der Waals surface area contributed by atoms with Gasteiger partial charge in [-0.2, -0.15) is 26.3 Å². The number of nitrogens with zero attached hydrogens (tertiary/aromatic N) is 1. The monoisotopic (exact) mass is 714 g/mol. The van der Waals surface area contributed by atoms with Gasteiger partial charge in [0.25, 0.3) is 15.9 Å². The van der Waals surface area contributed by atoms with E-state index < -0.39 is 99.0 Å². The molecule has 0 spiro atoms. The van der Waals surface area contributed by atoms with E-state index in [1.165, 1.54) is 24.4 Å². The van der Waals surface area contributed by atoms with Gasteiger partial charge in [-0.05, 0) is 63.1 Å². The third-order valence-corrected chi connectivity index (χ3v) is 9.84. The summed E-state index contributed by atoms with van der Waals surface area (Å²) in [6.07, 6.45) is -8.63. The number of rotatable bonds is 7. The molecule has 1 aliphatic heterocycles. The van der Waals surface area contributed by atoms with Crippen molar-refractivity contribution in [3.8, 4) is 0 Å². The fourth-order valence-electron chi connectivity index (χ4n) is 5.97. The van der Waals surface area contributed by atoms with E-state index in [1.807, 2.05) is 4.72 Å². The number of fused-ring (bicyclic) bond motifs is 1. The second kappa shape index (κ2) is 12.1. The number of ether oxygens (including phenoxy) is 1. The third kappa shape index (κ3) is 7.26. The van der Waals surface area contributed by atoms with E-state index in [4.69, 9.17) is 4.74 Å². The van der Waals surface area contributed by atoms with Crippen molar-refractivity contribution in [3.05, 3.63) is 78.0 Å². The minimum absolute atomic E-state index is 0.0501. The number of H-pyrrole nitrogens is 1. The second-order valence-corrected chi connectivity index (χ2v) is 14.7. The predicted octanol–water partition coefficient (Wildman–Crippen LogP) is 5.72. The molecule has 2 aliphatic rings. The van der Waals surface area contributed by atoms with Gasteiger partial charge in [-0.1, -0.05) is 18.2 Å². The van der Waals surface area contributed by atoms with Crippen molar-refractivity contribution in [2.75, 3.05) is 13.1 Å². The molecule has 0 unspecified atom stereocenters. The summed E-state index contributed by atoms with van der Waals surface area (Å²) < 4.78 is 117. The van der Waals surface area contributed by atoms with Crippen molar-refractivity contribution in [2.45, 2.75) is 61.5 Å². The lowest BCUT2D eigenvalue weighted by Crippen LogP contribution is -2.53. The maximum atomic E-state index is 13.9. The summed E-state index contributed by atoms with van der Waals surface area (Å²) in [5.74, 6) is -5.81. The SMILES string of the molecule is C=C[C@@H]1C[C@]1(NC(=O)[C@H]1CN(C(=O)OC(C)(C)C)C[C@@H]1c1cc(C(F)(F)F)cc(C(F)(F)F)c1)C(=O)NS(=O)(=O)c1cccc2cc[nH]c12. The van der Waals surface area contributed by atoms with Crippen molar-refractivity contribution >= 4 is 38.8 Å². The Kier molecular flexibility index (Phi) is 8.83. The molecule has 2 aromatic carbocycles. The first kappa shape index (κ1) is 35.8. The predicted molar refractivity (Wildman–Crippen MR) is 163 cm³/mol. The molecule has 1 saturated heterocycles. The maximum absolute atomic E-state index is 13.9. The number of carbonyl (C=O) groups excluding carboxylic acids is 3. The van der Waals surface area contributed by atoms with Crippen LogP contribution < -0.4 is 10.0 Å². The number of carbonyl (C=O) groups is 3. The van der Waals surface area contributed by atoms with E-state index in [1.54, 1.807) is 32.9 Å². The van der Waals surface area contributed by atoms with Gasteiger partial charge in [0.05, 0.1) is 22.6 Å². The lowest BCUT2D eigenvalue weighted by Gasteiger charge is -2.24. The number of aromatic nitrogens is 1. The zero-order valence-electron chi connectivity index (χ0n) is 26.3. The van der Waals surface area contributed by atoms with Crippen LogP contribution in [0, 0.1) is 11.8 Å². The number of hydrogen-bond acceptors (Lipinski definition) is 6. The molecule has 2 heterocycles. The summed E-state index contributed by atoms with van der Waals surface area (Å²) in [7, 11) is -4.51. The topological polar surface area (TPSA) is 138 Å². The molecule has 1 saturated carbocycles. The number of para-hydroxylation sites is 1. The highest BCUT2D eigenvalue weighted by Gasteiger charge is 2.61. The fraction of sp³-hybridized carbons (Fsp3) is 0.406. The number of benzene rings is 2. The normalized spacial score (nSPS) is 22.9. The highest BCUT2D eigenvalue weighted by atomic mass is 32.2. The minimum Gasteiger partial charge on any atom is -0.444 e. The van der Waals surface area contributed by atoms with Crippen LogP contribution in [-0.2, 0) is 36.7 Å². The molecule has 0 bridgehead atoms. The summed E-state index contributed by atoms with van der Waals surface area (Å²) in [5, 5.41) is 3.04. The first-order valence-electron chi connectivity index (χ1n) is 14.9. The molecule has 3 aromatic rings. The van der Waals surface area contributed by atoms with Crippen LogP contribution in [0.4, 0.5) is 31.1 Å². The van der Waals surface area contributed by atoms with E-state index in [9.17, 15) is 49.1 Å². The van der Waals surface area contributed by atoms with Crippen LogP contribution in [0.5, 0.6) is 0 Å². The maximum Gasteiger partial charge on any atom is 0.416 e. The molecular formula is C32H32F6N4O6S. The number of aromatic amines is 1. The molecule has 1 aromatic heterocycles. The quantitative estimate of drug-likeness (QED) is 0.212. The number of likely N-dealkylation sites (tertiary alicyclic amines) is 1. The Morgan fingerprint density at radius 1 is 1.00 bits per heavy atom. The Morgan fingerprint density at radius 3 is 2.18 bits per heavy atom. The van der Waals surface area contributed by atoms with Gasteiger partial charge in [-0.25, -0.2) is 17.9 Å². The smallest absolute Gasteiger partial charge is 0.416 e. The van der Waals surface area contributed by atoms with Gasteiger partial charge >= 0.3 is 18.4 Å². The molecule has 3 N–H and O–H groups in total. The van der Waals surface area contributed by atoms with Gasteiger partial charge in [0, 0.05) is 36.5 Å². The van der Waals surface area contributed by atoms with Gasteiger partial charge in [0.15, 0.2) is 0 Å². The van der Waals surface area contributed by atoms with Crippen molar-refractivity contribution in [1.29, 1.82) is 0 Å². The minimum atomic E-state index is -5.18. The molecule has 10 nitrogen and oxygen atoms in total. The summed E-state index contributed by atoms with van der Waals surface area (Å²) >= 11 is 0. The number of sulfonamides is 1. The van der Waals surface area contributed by atoms with E-state index in [0.29, 0.717) is 17.5 Å². The number of alkyl halides is 6. The third-order valence-electron chi connectivity index (χ3n) is 8.46. The van der Waals surface area contributed by atoms with Gasteiger partial charge in [-0.3, -0.25) is 9.59 Å². The van der Waals surface area contributed by atoms with Gasteiger partial charge < -0.3 is 19.9 Å². The zero-order valence-corrected chi connectivity index (χ0v) is 27.1. The Bertz CT molecular complexity index is 1900. The summed E-state index contributed by atoms with van der Waals surface area (Å²) in [6.45, 7) is 7.26. The Morgan fingerprint density at radius 2 is 1.63 bits per heavy atom. The van der Waals surface area contributed by atoms with Crippen LogP contribution in [0.1, 0.15) is 49.8 Å². The van der Waals surface area contributed by atoms with Crippen molar-refractivity contribution in [1.82, 2.24) is 19.9 Å². The molecular weight excluding hydrogens is 682 g/mol. The first-order valence-corrected chi connectivity index (χ1v) is 16.4. The lowest BCUT2D eigenvalue weighted by molar-refractivity contribution is -0.143. The Labute approximate surface area is 276 Å². The largest absolute Gasteiger partial charge is 0.444 e. The van der Waals surface area contributed by atoms with Crippen LogP contribution in [0.25, 0.3) is 10.9 Å². The van der Waals surface area contributed by atoms with Crippen LogP contribution in [0.2, 0.25) is 0 Å².